The SMILES string of the molecule is Clc1cccc(C2CNC[C@@H]3CCCN23)c1. The van der Waals surface area contributed by atoms with Gasteiger partial charge in [-0.15, -0.1) is 0 Å². The average Bonchev–Trinajstić information content (AvgIpc) is 2.76. The normalized spacial score (nSPS) is 30.3. The van der Waals surface area contributed by atoms with E-state index in [0.717, 1.165) is 24.2 Å². The number of fused-ring (bicyclic) bond motifs is 1. The zero-order valence-corrected chi connectivity index (χ0v) is 10.1. The Balaban J connectivity index is 1.88. The summed E-state index contributed by atoms with van der Waals surface area (Å²) in [5, 5.41) is 4.39. The third-order valence-corrected chi connectivity index (χ3v) is 4.01. The maximum atomic E-state index is 6.07. The molecule has 1 aromatic carbocycles. The maximum absolute atomic E-state index is 6.07. The fraction of sp³-hybridized carbons (Fsp3) is 0.538. The molecule has 0 radical (unpaired) electrons. The van der Waals surface area contributed by atoms with Crippen molar-refractivity contribution in [3.63, 3.8) is 0 Å². The topological polar surface area (TPSA) is 15.3 Å². The van der Waals surface area contributed by atoms with Gasteiger partial charge in [-0.2, -0.15) is 0 Å². The third kappa shape index (κ3) is 1.86. The first-order chi connectivity index (χ1) is 7.84. The van der Waals surface area contributed by atoms with Crippen LogP contribution in [0.5, 0.6) is 0 Å². The molecule has 3 rings (SSSR count). The lowest BCUT2D eigenvalue weighted by molar-refractivity contribution is 0.138. The minimum absolute atomic E-state index is 0.514. The Kier molecular flexibility index (Phi) is 2.88. The number of benzene rings is 1. The highest BCUT2D eigenvalue weighted by molar-refractivity contribution is 6.30. The van der Waals surface area contributed by atoms with Crippen molar-refractivity contribution in [1.82, 2.24) is 10.2 Å². The molecule has 0 saturated carbocycles. The first-order valence-electron chi connectivity index (χ1n) is 6.06. The summed E-state index contributed by atoms with van der Waals surface area (Å²) in [6.07, 6.45) is 2.67. The first-order valence-corrected chi connectivity index (χ1v) is 6.44. The van der Waals surface area contributed by atoms with Gasteiger partial charge in [0.2, 0.25) is 0 Å². The second kappa shape index (κ2) is 4.36. The van der Waals surface area contributed by atoms with Gasteiger partial charge in [0.15, 0.2) is 0 Å². The summed E-state index contributed by atoms with van der Waals surface area (Å²) in [6.45, 7) is 3.44. The number of nitrogens with one attached hydrogen (secondary N) is 1. The van der Waals surface area contributed by atoms with Crippen LogP contribution in [0.3, 0.4) is 0 Å². The largest absolute Gasteiger partial charge is 0.313 e. The molecule has 2 saturated heterocycles. The molecule has 0 bridgehead atoms. The van der Waals surface area contributed by atoms with Gasteiger partial charge in [-0.05, 0) is 37.1 Å². The molecule has 0 aliphatic carbocycles. The quantitative estimate of drug-likeness (QED) is 0.806. The van der Waals surface area contributed by atoms with Gasteiger partial charge in [0.05, 0.1) is 0 Å². The minimum Gasteiger partial charge on any atom is -0.313 e. The van der Waals surface area contributed by atoms with Crippen molar-refractivity contribution in [3.8, 4) is 0 Å². The van der Waals surface area contributed by atoms with E-state index in [0.29, 0.717) is 6.04 Å². The first kappa shape index (κ1) is 10.6. The van der Waals surface area contributed by atoms with Crippen molar-refractivity contribution >= 4 is 11.6 Å². The van der Waals surface area contributed by atoms with Gasteiger partial charge in [-0.1, -0.05) is 23.7 Å². The number of hydrogen-bond donors (Lipinski definition) is 1. The third-order valence-electron chi connectivity index (χ3n) is 3.77. The summed E-state index contributed by atoms with van der Waals surface area (Å²) in [7, 11) is 0. The van der Waals surface area contributed by atoms with E-state index in [1.54, 1.807) is 0 Å². The second-order valence-corrected chi connectivity index (χ2v) is 5.20. The summed E-state index contributed by atoms with van der Waals surface area (Å²) in [5.41, 5.74) is 1.35. The molecule has 2 nitrogen and oxygen atoms in total. The zero-order valence-electron chi connectivity index (χ0n) is 9.32. The van der Waals surface area contributed by atoms with Crippen molar-refractivity contribution < 1.29 is 0 Å². The van der Waals surface area contributed by atoms with Gasteiger partial charge in [0.1, 0.15) is 0 Å². The Morgan fingerprint density at radius 2 is 2.25 bits per heavy atom. The van der Waals surface area contributed by atoms with E-state index in [2.05, 4.69) is 28.4 Å². The molecule has 2 heterocycles. The van der Waals surface area contributed by atoms with Crippen molar-refractivity contribution in [3.05, 3.63) is 34.9 Å². The summed E-state index contributed by atoms with van der Waals surface area (Å²) < 4.78 is 0. The van der Waals surface area contributed by atoms with Gasteiger partial charge < -0.3 is 5.32 Å². The Bertz CT molecular complexity index is 380. The molecule has 1 N–H and O–H groups in total. The van der Waals surface area contributed by atoms with Gasteiger partial charge in [0, 0.05) is 30.2 Å². The van der Waals surface area contributed by atoms with E-state index < -0.39 is 0 Å². The van der Waals surface area contributed by atoms with E-state index in [4.69, 9.17) is 11.6 Å². The predicted octanol–water partition coefficient (Wildman–Crippen LogP) is 2.45. The van der Waals surface area contributed by atoms with Crippen LogP contribution in [0.2, 0.25) is 5.02 Å². The minimum atomic E-state index is 0.514. The Labute approximate surface area is 102 Å². The van der Waals surface area contributed by atoms with E-state index >= 15 is 0 Å². The Morgan fingerprint density at radius 3 is 3.12 bits per heavy atom. The van der Waals surface area contributed by atoms with Crippen LogP contribution in [-0.4, -0.2) is 30.6 Å². The van der Waals surface area contributed by atoms with Crippen LogP contribution in [0.15, 0.2) is 24.3 Å². The predicted molar refractivity (Wildman–Crippen MR) is 66.8 cm³/mol. The molecule has 1 unspecified atom stereocenters. The molecular formula is C13H17ClN2. The monoisotopic (exact) mass is 236 g/mol. The van der Waals surface area contributed by atoms with Crippen LogP contribution in [-0.2, 0) is 0 Å². The maximum Gasteiger partial charge on any atom is 0.0476 e. The molecule has 2 fully saturated rings. The van der Waals surface area contributed by atoms with Crippen LogP contribution >= 0.6 is 11.6 Å². The number of nitrogens with zero attached hydrogens (tertiary/aromatic N) is 1. The smallest absolute Gasteiger partial charge is 0.0476 e. The van der Waals surface area contributed by atoms with E-state index in [-0.39, 0.29) is 0 Å². The van der Waals surface area contributed by atoms with Crippen molar-refractivity contribution in [1.29, 1.82) is 0 Å². The molecule has 2 aliphatic heterocycles. The molecule has 3 heteroatoms. The van der Waals surface area contributed by atoms with Crippen LogP contribution in [0.1, 0.15) is 24.4 Å². The molecule has 16 heavy (non-hydrogen) atoms. The number of hydrogen-bond acceptors (Lipinski definition) is 2. The fourth-order valence-corrected chi connectivity index (χ4v) is 3.21. The van der Waals surface area contributed by atoms with Crippen LogP contribution in [0.4, 0.5) is 0 Å². The van der Waals surface area contributed by atoms with Gasteiger partial charge >= 0.3 is 0 Å². The highest BCUT2D eigenvalue weighted by Crippen LogP contribution is 2.32. The molecule has 86 valence electrons. The highest BCUT2D eigenvalue weighted by atomic mass is 35.5. The van der Waals surface area contributed by atoms with E-state index in [1.165, 1.54) is 24.9 Å². The summed E-state index contributed by atoms with van der Waals surface area (Å²) in [5.74, 6) is 0. The molecule has 2 atom stereocenters. The number of halogens is 1. The van der Waals surface area contributed by atoms with Crippen molar-refractivity contribution in [2.24, 2.45) is 0 Å². The van der Waals surface area contributed by atoms with Gasteiger partial charge in [0.25, 0.3) is 0 Å². The number of piperazine rings is 1. The highest BCUT2D eigenvalue weighted by Gasteiger charge is 2.34. The van der Waals surface area contributed by atoms with Crippen molar-refractivity contribution in [2.45, 2.75) is 24.9 Å². The molecule has 0 aromatic heterocycles. The van der Waals surface area contributed by atoms with Crippen molar-refractivity contribution in [2.75, 3.05) is 19.6 Å². The lowest BCUT2D eigenvalue weighted by atomic mass is 10.0. The standard InChI is InChI=1S/C13H17ClN2/c14-11-4-1-3-10(7-11)13-9-15-8-12-5-2-6-16(12)13/h1,3-4,7,12-13,15H,2,5-6,8-9H2/t12-,13?/m0/s1. The Hall–Kier alpha value is -0.570. The Morgan fingerprint density at radius 1 is 1.31 bits per heavy atom. The molecular weight excluding hydrogens is 220 g/mol. The molecule has 1 aromatic rings. The lowest BCUT2D eigenvalue weighted by Gasteiger charge is -2.38. The fourth-order valence-electron chi connectivity index (χ4n) is 3.01. The molecule has 2 aliphatic rings. The summed E-state index contributed by atoms with van der Waals surface area (Å²) >= 11 is 6.07. The lowest BCUT2D eigenvalue weighted by Crippen LogP contribution is -2.49. The van der Waals surface area contributed by atoms with E-state index in [9.17, 15) is 0 Å². The molecule has 0 amide bonds. The summed E-state index contributed by atoms with van der Waals surface area (Å²) in [4.78, 5) is 2.64. The number of rotatable bonds is 1. The second-order valence-electron chi connectivity index (χ2n) is 4.76. The van der Waals surface area contributed by atoms with E-state index in [1.807, 2.05) is 6.07 Å². The van der Waals surface area contributed by atoms with Crippen LogP contribution < -0.4 is 5.32 Å². The van der Waals surface area contributed by atoms with Crippen LogP contribution in [0.25, 0.3) is 0 Å². The van der Waals surface area contributed by atoms with Gasteiger partial charge in [-0.25, -0.2) is 0 Å². The van der Waals surface area contributed by atoms with Crippen LogP contribution in [0, 0.1) is 0 Å². The zero-order chi connectivity index (χ0) is 11.0. The average molecular weight is 237 g/mol. The van der Waals surface area contributed by atoms with Gasteiger partial charge in [-0.3, -0.25) is 4.90 Å². The summed E-state index contributed by atoms with van der Waals surface area (Å²) in [6, 6.07) is 9.55. The molecule has 0 spiro atoms.